The molecule has 0 aliphatic carbocycles. The number of hydrogen-bond acceptors (Lipinski definition) is 4. The largest absolute Gasteiger partial charge is 1.00 e. The van der Waals surface area contributed by atoms with Gasteiger partial charge in [0.05, 0.1) is 0 Å². The highest BCUT2D eigenvalue weighted by atomic mass is 35.5. The lowest BCUT2D eigenvalue weighted by molar-refractivity contribution is -0.0000122. The van der Waals surface area contributed by atoms with Crippen molar-refractivity contribution in [2.24, 2.45) is 0 Å². The molecule has 0 aliphatic rings. The molecule has 0 amide bonds. The number of benzene rings is 4. The van der Waals surface area contributed by atoms with Crippen LogP contribution in [-0.2, 0) is 0 Å². The summed E-state index contributed by atoms with van der Waals surface area (Å²) in [5, 5.41) is 47.6. The van der Waals surface area contributed by atoms with Gasteiger partial charge in [0.15, 0.2) is 30.6 Å². The van der Waals surface area contributed by atoms with Crippen molar-refractivity contribution in [1.82, 2.24) is 0 Å². The maximum atomic E-state index is 11.9. The predicted molar refractivity (Wildman–Crippen MR) is 133 cm³/mol. The van der Waals surface area contributed by atoms with Crippen LogP contribution in [0.5, 0.6) is 0 Å². The van der Waals surface area contributed by atoms with Crippen molar-refractivity contribution in [2.75, 3.05) is 0 Å². The van der Waals surface area contributed by atoms with E-state index in [2.05, 4.69) is 0 Å². The molecule has 4 nitrogen and oxygen atoms in total. The standard InChI is InChI=1S/C28H28O4P.ClH/c29-25(21-13-5-1-6-14-21)33(26(30)22-15-7-2-8-16-22,27(31)23-17-9-3-10-18-23)28(32)24-19-11-4-12-20-24;/h1-20,25-32H;1H/q+1;/p-1. The van der Waals surface area contributed by atoms with Gasteiger partial charge in [0.25, 0.3) is 0 Å². The van der Waals surface area contributed by atoms with E-state index in [1.807, 2.05) is 24.3 Å². The second-order valence-electron chi connectivity index (χ2n) is 8.03. The Morgan fingerprint density at radius 2 is 0.529 bits per heavy atom. The van der Waals surface area contributed by atoms with Gasteiger partial charge < -0.3 is 32.8 Å². The molecule has 0 saturated carbocycles. The average molecular weight is 495 g/mol. The molecule has 176 valence electrons. The lowest BCUT2D eigenvalue weighted by Crippen LogP contribution is -3.00. The number of rotatable bonds is 8. The third kappa shape index (κ3) is 4.94. The molecule has 0 saturated heterocycles. The Labute approximate surface area is 206 Å². The van der Waals surface area contributed by atoms with Crippen LogP contribution in [0.3, 0.4) is 0 Å². The molecule has 4 aromatic carbocycles. The predicted octanol–water partition coefficient (Wildman–Crippen LogP) is 2.77. The first-order valence-electron chi connectivity index (χ1n) is 10.9. The van der Waals surface area contributed by atoms with Crippen LogP contribution in [0.1, 0.15) is 45.6 Å². The van der Waals surface area contributed by atoms with E-state index in [-0.39, 0.29) is 12.4 Å². The lowest BCUT2D eigenvalue weighted by atomic mass is 10.2. The number of aliphatic hydroxyl groups is 4. The Hall–Kier alpha value is -2.56. The molecule has 0 heterocycles. The summed E-state index contributed by atoms with van der Waals surface area (Å²) in [6.07, 6.45) is 0. The van der Waals surface area contributed by atoms with Crippen LogP contribution in [0.2, 0.25) is 0 Å². The molecule has 0 aliphatic heterocycles. The van der Waals surface area contributed by atoms with E-state index in [9.17, 15) is 20.4 Å². The van der Waals surface area contributed by atoms with Gasteiger partial charge in [-0.05, 0) is 0 Å². The summed E-state index contributed by atoms with van der Waals surface area (Å²) < 4.78 is 0. The summed E-state index contributed by atoms with van der Waals surface area (Å²) in [7, 11) is -3.53. The molecule has 0 radical (unpaired) electrons. The van der Waals surface area contributed by atoms with Crippen molar-refractivity contribution in [3.63, 3.8) is 0 Å². The fourth-order valence-corrected chi connectivity index (χ4v) is 8.70. The van der Waals surface area contributed by atoms with E-state index >= 15 is 0 Å². The zero-order chi connectivity index (χ0) is 23.3. The number of halogens is 1. The highest BCUT2D eigenvalue weighted by Gasteiger charge is 2.64. The van der Waals surface area contributed by atoms with Crippen LogP contribution >= 0.6 is 7.26 Å². The number of hydrogen-bond donors (Lipinski definition) is 4. The molecule has 4 unspecified atom stereocenters. The normalized spacial score (nSPS) is 16.4. The molecule has 0 fully saturated rings. The second kappa shape index (κ2) is 11.7. The zero-order valence-corrected chi connectivity index (χ0v) is 20.1. The van der Waals surface area contributed by atoms with Gasteiger partial charge in [-0.2, -0.15) is 0 Å². The Bertz CT molecular complexity index is 943. The van der Waals surface area contributed by atoms with Gasteiger partial charge in [-0.15, -0.1) is 0 Å². The third-order valence-corrected chi connectivity index (χ3v) is 10.7. The molecule has 4 aromatic rings. The SMILES string of the molecule is OC(c1ccccc1)[P+](C(O)c1ccccc1)(C(O)c1ccccc1)C(O)c1ccccc1.[Cl-]. The van der Waals surface area contributed by atoms with Crippen LogP contribution in [0.4, 0.5) is 0 Å². The summed E-state index contributed by atoms with van der Waals surface area (Å²) in [5.41, 5.74) is 2.13. The highest BCUT2D eigenvalue weighted by molar-refractivity contribution is 7.76. The Balaban J connectivity index is 0.00000324. The molecule has 4 atom stereocenters. The van der Waals surface area contributed by atoms with Crippen molar-refractivity contribution < 1.29 is 32.8 Å². The second-order valence-corrected chi connectivity index (χ2v) is 11.8. The van der Waals surface area contributed by atoms with Crippen LogP contribution in [-0.4, -0.2) is 20.4 Å². The van der Waals surface area contributed by atoms with E-state index in [1.165, 1.54) is 0 Å². The van der Waals surface area contributed by atoms with Gasteiger partial charge in [-0.1, -0.05) is 121 Å². The highest BCUT2D eigenvalue weighted by Crippen LogP contribution is 2.89. The van der Waals surface area contributed by atoms with Crippen LogP contribution in [0.25, 0.3) is 0 Å². The van der Waals surface area contributed by atoms with Crippen molar-refractivity contribution in [1.29, 1.82) is 0 Å². The summed E-state index contributed by atoms with van der Waals surface area (Å²) in [4.78, 5) is 0. The van der Waals surface area contributed by atoms with Crippen molar-refractivity contribution in [2.45, 2.75) is 23.4 Å². The molecule has 4 N–H and O–H groups in total. The first kappa shape index (κ1) is 26.1. The fourth-order valence-electron chi connectivity index (χ4n) is 4.34. The summed E-state index contributed by atoms with van der Waals surface area (Å²) >= 11 is 0. The van der Waals surface area contributed by atoms with Crippen molar-refractivity contribution in [3.8, 4) is 0 Å². The molecule has 34 heavy (non-hydrogen) atoms. The summed E-state index contributed by atoms with van der Waals surface area (Å²) in [6, 6.07) is 35.8. The van der Waals surface area contributed by atoms with Gasteiger partial charge in [-0.3, -0.25) is 0 Å². The quantitative estimate of drug-likeness (QED) is 0.284. The smallest absolute Gasteiger partial charge is 0.199 e. The Morgan fingerprint density at radius 1 is 0.353 bits per heavy atom. The fraction of sp³-hybridized carbons (Fsp3) is 0.143. The summed E-state index contributed by atoms with van der Waals surface area (Å²) in [5.74, 6) is -5.17. The monoisotopic (exact) mass is 494 g/mol. The molecule has 0 aromatic heterocycles. The van der Waals surface area contributed by atoms with Crippen molar-refractivity contribution in [3.05, 3.63) is 144 Å². The first-order chi connectivity index (χ1) is 16.1. The van der Waals surface area contributed by atoms with E-state index in [0.717, 1.165) is 0 Å². The minimum atomic E-state index is -3.53. The molecule has 0 spiro atoms. The van der Waals surface area contributed by atoms with E-state index in [0.29, 0.717) is 22.3 Å². The van der Waals surface area contributed by atoms with Crippen LogP contribution in [0, 0.1) is 0 Å². The Kier molecular flexibility index (Phi) is 8.98. The van der Waals surface area contributed by atoms with Gasteiger partial charge in [0, 0.05) is 22.3 Å². The van der Waals surface area contributed by atoms with Gasteiger partial charge in [-0.25, -0.2) is 0 Å². The summed E-state index contributed by atoms with van der Waals surface area (Å²) in [6.45, 7) is 0. The van der Waals surface area contributed by atoms with Gasteiger partial charge in [0.1, 0.15) is 0 Å². The minimum Gasteiger partial charge on any atom is -1.00 e. The topological polar surface area (TPSA) is 80.9 Å². The van der Waals surface area contributed by atoms with Gasteiger partial charge in [0.2, 0.25) is 0 Å². The molecule has 6 heteroatoms. The van der Waals surface area contributed by atoms with E-state index in [1.54, 1.807) is 97.1 Å². The lowest BCUT2D eigenvalue weighted by Gasteiger charge is -2.41. The molecular formula is C28H28ClO4P. The molecule has 4 rings (SSSR count). The van der Waals surface area contributed by atoms with Crippen LogP contribution in [0.15, 0.2) is 121 Å². The van der Waals surface area contributed by atoms with Gasteiger partial charge >= 0.3 is 0 Å². The Morgan fingerprint density at radius 3 is 0.706 bits per heavy atom. The molecular weight excluding hydrogens is 467 g/mol. The van der Waals surface area contributed by atoms with E-state index in [4.69, 9.17) is 0 Å². The minimum absolute atomic E-state index is 0. The third-order valence-electron chi connectivity index (χ3n) is 6.09. The van der Waals surface area contributed by atoms with Crippen molar-refractivity contribution >= 4 is 7.26 Å². The maximum absolute atomic E-state index is 11.9. The van der Waals surface area contributed by atoms with Crippen LogP contribution < -0.4 is 12.4 Å². The number of aliphatic hydroxyl groups excluding tert-OH is 4. The first-order valence-corrected chi connectivity index (χ1v) is 12.9. The zero-order valence-electron chi connectivity index (χ0n) is 18.5. The average Bonchev–Trinajstić information content (AvgIpc) is 2.90. The van der Waals surface area contributed by atoms with E-state index < -0.39 is 30.6 Å². The molecule has 0 bridgehead atoms. The maximum Gasteiger partial charge on any atom is 0.199 e.